The normalized spacial score (nSPS) is 27.4. The van der Waals surface area contributed by atoms with Gasteiger partial charge in [0.05, 0.1) is 0 Å². The lowest BCUT2D eigenvalue weighted by Gasteiger charge is -2.40. The topological polar surface area (TPSA) is 29.3 Å². The number of nitrogens with two attached hydrogens (primary N) is 1. The molecular weight excluding hydrogens is 196 g/mol. The molecule has 1 heterocycles. The standard InChI is InChI=1S/C14H28N2/c1-2-5-13(15)12-16-10-8-14(9-11-16)6-3-4-7-14/h13H,2-12,15H2,1H3. The summed E-state index contributed by atoms with van der Waals surface area (Å²) in [5.41, 5.74) is 6.87. The Morgan fingerprint density at radius 1 is 1.12 bits per heavy atom. The third-order valence-corrected chi connectivity index (χ3v) is 4.73. The fraction of sp³-hybridized carbons (Fsp3) is 1.00. The van der Waals surface area contributed by atoms with Gasteiger partial charge in [0.2, 0.25) is 0 Å². The molecule has 94 valence electrons. The van der Waals surface area contributed by atoms with E-state index in [0.29, 0.717) is 6.04 Å². The highest BCUT2D eigenvalue weighted by Gasteiger charge is 2.36. The molecule has 1 atom stereocenters. The van der Waals surface area contributed by atoms with E-state index in [1.807, 2.05) is 0 Å². The highest BCUT2D eigenvalue weighted by Crippen LogP contribution is 2.45. The lowest BCUT2D eigenvalue weighted by molar-refractivity contribution is 0.103. The Morgan fingerprint density at radius 3 is 2.31 bits per heavy atom. The first-order chi connectivity index (χ1) is 7.74. The van der Waals surface area contributed by atoms with Gasteiger partial charge >= 0.3 is 0 Å². The van der Waals surface area contributed by atoms with E-state index in [-0.39, 0.29) is 0 Å². The number of piperidine rings is 1. The molecule has 0 bridgehead atoms. The summed E-state index contributed by atoms with van der Waals surface area (Å²) in [6.07, 6.45) is 11.2. The number of rotatable bonds is 4. The van der Waals surface area contributed by atoms with E-state index < -0.39 is 0 Å². The van der Waals surface area contributed by atoms with Crippen LogP contribution in [0, 0.1) is 5.41 Å². The van der Waals surface area contributed by atoms with Crippen LogP contribution in [-0.4, -0.2) is 30.6 Å². The minimum absolute atomic E-state index is 0.405. The molecule has 0 aromatic heterocycles. The largest absolute Gasteiger partial charge is 0.327 e. The molecule has 1 spiro atoms. The first kappa shape index (κ1) is 12.4. The quantitative estimate of drug-likeness (QED) is 0.795. The molecule has 1 aliphatic carbocycles. The second-order valence-corrected chi connectivity index (χ2v) is 6.06. The molecule has 1 aliphatic heterocycles. The molecule has 1 unspecified atom stereocenters. The van der Waals surface area contributed by atoms with E-state index in [1.54, 1.807) is 0 Å². The van der Waals surface area contributed by atoms with Crippen molar-refractivity contribution in [1.82, 2.24) is 4.90 Å². The molecule has 1 saturated carbocycles. The molecule has 0 radical (unpaired) electrons. The van der Waals surface area contributed by atoms with Gasteiger partial charge in [-0.15, -0.1) is 0 Å². The van der Waals surface area contributed by atoms with Gasteiger partial charge in [0, 0.05) is 12.6 Å². The van der Waals surface area contributed by atoms with Crippen LogP contribution >= 0.6 is 0 Å². The van der Waals surface area contributed by atoms with Gasteiger partial charge < -0.3 is 10.6 Å². The predicted molar refractivity (Wildman–Crippen MR) is 69.5 cm³/mol. The summed E-state index contributed by atoms with van der Waals surface area (Å²) in [6, 6.07) is 0.405. The van der Waals surface area contributed by atoms with Crippen LogP contribution in [-0.2, 0) is 0 Å². The van der Waals surface area contributed by atoms with Crippen molar-refractivity contribution in [3.63, 3.8) is 0 Å². The number of hydrogen-bond donors (Lipinski definition) is 1. The van der Waals surface area contributed by atoms with Crippen molar-refractivity contribution in [2.45, 2.75) is 64.3 Å². The average Bonchev–Trinajstić information content (AvgIpc) is 2.71. The van der Waals surface area contributed by atoms with Gasteiger partial charge in [-0.3, -0.25) is 0 Å². The van der Waals surface area contributed by atoms with Crippen LogP contribution < -0.4 is 5.73 Å². The van der Waals surface area contributed by atoms with Gasteiger partial charge in [0.25, 0.3) is 0 Å². The van der Waals surface area contributed by atoms with E-state index in [4.69, 9.17) is 5.73 Å². The van der Waals surface area contributed by atoms with Crippen LogP contribution in [0.25, 0.3) is 0 Å². The van der Waals surface area contributed by atoms with Crippen molar-refractivity contribution in [2.24, 2.45) is 11.1 Å². The average molecular weight is 224 g/mol. The summed E-state index contributed by atoms with van der Waals surface area (Å²) in [6.45, 7) is 5.96. The minimum Gasteiger partial charge on any atom is -0.327 e. The Balaban J connectivity index is 1.72. The van der Waals surface area contributed by atoms with E-state index in [2.05, 4.69) is 11.8 Å². The second kappa shape index (κ2) is 5.50. The molecular formula is C14H28N2. The van der Waals surface area contributed by atoms with Crippen LogP contribution in [0.5, 0.6) is 0 Å². The van der Waals surface area contributed by atoms with Crippen LogP contribution in [0.15, 0.2) is 0 Å². The predicted octanol–water partition coefficient (Wildman–Crippen LogP) is 2.77. The van der Waals surface area contributed by atoms with Gasteiger partial charge in [-0.25, -0.2) is 0 Å². The molecule has 1 saturated heterocycles. The summed E-state index contributed by atoms with van der Waals surface area (Å²) in [5, 5.41) is 0. The third-order valence-electron chi connectivity index (χ3n) is 4.73. The van der Waals surface area contributed by atoms with Crippen LogP contribution in [0.1, 0.15) is 58.3 Å². The first-order valence-electron chi connectivity index (χ1n) is 7.22. The summed E-state index contributed by atoms with van der Waals surface area (Å²) >= 11 is 0. The molecule has 16 heavy (non-hydrogen) atoms. The summed E-state index contributed by atoms with van der Waals surface area (Å²) in [7, 11) is 0. The van der Waals surface area contributed by atoms with Crippen LogP contribution in [0.4, 0.5) is 0 Å². The minimum atomic E-state index is 0.405. The molecule has 0 amide bonds. The summed E-state index contributed by atoms with van der Waals surface area (Å²) in [4.78, 5) is 2.60. The van der Waals surface area contributed by atoms with Gasteiger partial charge in [0.15, 0.2) is 0 Å². The van der Waals surface area contributed by atoms with Crippen molar-refractivity contribution in [3.8, 4) is 0 Å². The number of nitrogens with zero attached hydrogens (tertiary/aromatic N) is 1. The zero-order valence-corrected chi connectivity index (χ0v) is 10.9. The maximum atomic E-state index is 6.12. The highest BCUT2D eigenvalue weighted by atomic mass is 15.1. The molecule has 0 aromatic rings. The Morgan fingerprint density at radius 2 is 1.75 bits per heavy atom. The Hall–Kier alpha value is -0.0800. The van der Waals surface area contributed by atoms with Gasteiger partial charge in [-0.05, 0) is 50.6 Å². The number of hydrogen-bond acceptors (Lipinski definition) is 2. The lowest BCUT2D eigenvalue weighted by atomic mass is 9.77. The molecule has 2 rings (SSSR count). The van der Waals surface area contributed by atoms with Gasteiger partial charge in [-0.1, -0.05) is 26.2 Å². The molecule has 0 aromatic carbocycles. The monoisotopic (exact) mass is 224 g/mol. The van der Waals surface area contributed by atoms with E-state index in [1.165, 1.54) is 64.5 Å². The molecule has 2 aliphatic rings. The Bertz CT molecular complexity index is 199. The van der Waals surface area contributed by atoms with Crippen LogP contribution in [0.2, 0.25) is 0 Å². The van der Waals surface area contributed by atoms with E-state index in [9.17, 15) is 0 Å². The Labute approximate surface area is 101 Å². The van der Waals surface area contributed by atoms with Crippen molar-refractivity contribution >= 4 is 0 Å². The Kier molecular flexibility index (Phi) is 4.26. The van der Waals surface area contributed by atoms with Crippen LogP contribution in [0.3, 0.4) is 0 Å². The zero-order valence-electron chi connectivity index (χ0n) is 10.9. The van der Waals surface area contributed by atoms with Crippen molar-refractivity contribution in [3.05, 3.63) is 0 Å². The maximum absolute atomic E-state index is 6.12. The zero-order chi connectivity index (χ0) is 11.4. The summed E-state index contributed by atoms with van der Waals surface area (Å²) in [5.74, 6) is 0. The summed E-state index contributed by atoms with van der Waals surface area (Å²) < 4.78 is 0. The van der Waals surface area contributed by atoms with E-state index in [0.717, 1.165) is 12.0 Å². The SMILES string of the molecule is CCCC(N)CN1CCC2(CCCC2)CC1. The molecule has 2 heteroatoms. The second-order valence-electron chi connectivity index (χ2n) is 6.06. The highest BCUT2D eigenvalue weighted by molar-refractivity contribution is 4.90. The van der Waals surface area contributed by atoms with Gasteiger partial charge in [-0.2, -0.15) is 0 Å². The molecule has 2 N–H and O–H groups in total. The molecule has 2 fully saturated rings. The first-order valence-corrected chi connectivity index (χ1v) is 7.22. The van der Waals surface area contributed by atoms with Gasteiger partial charge in [0.1, 0.15) is 0 Å². The van der Waals surface area contributed by atoms with Crippen molar-refractivity contribution in [1.29, 1.82) is 0 Å². The molecule has 2 nitrogen and oxygen atoms in total. The third kappa shape index (κ3) is 2.98. The van der Waals surface area contributed by atoms with Crippen molar-refractivity contribution in [2.75, 3.05) is 19.6 Å². The number of likely N-dealkylation sites (tertiary alicyclic amines) is 1. The maximum Gasteiger partial charge on any atom is 0.0167 e. The smallest absolute Gasteiger partial charge is 0.0167 e. The lowest BCUT2D eigenvalue weighted by Crippen LogP contribution is -2.44. The fourth-order valence-electron chi connectivity index (χ4n) is 3.63. The van der Waals surface area contributed by atoms with E-state index >= 15 is 0 Å². The van der Waals surface area contributed by atoms with Crippen molar-refractivity contribution < 1.29 is 0 Å². The fourth-order valence-corrected chi connectivity index (χ4v) is 3.63.